The molecule has 0 aliphatic carbocycles. The summed E-state index contributed by atoms with van der Waals surface area (Å²) in [7, 11) is 0. The van der Waals surface area contributed by atoms with Crippen LogP contribution in [-0.4, -0.2) is 36.2 Å². The minimum atomic E-state index is -0.622. The quantitative estimate of drug-likeness (QED) is 0.569. The van der Waals surface area contributed by atoms with Crippen LogP contribution >= 0.6 is 23.2 Å². The molecule has 0 saturated carbocycles. The van der Waals surface area contributed by atoms with Gasteiger partial charge in [0.1, 0.15) is 5.75 Å². The summed E-state index contributed by atoms with van der Waals surface area (Å²) in [5.74, 6) is 0.578. The maximum absolute atomic E-state index is 13.2. The number of ether oxygens (including phenoxy) is 2. The standard InChI is InChI=1S/C23H27Cl2NO3/c1-15-11-21(12-16(2)22(15)25)29-17(3)23(27)26(14-20-5-4-10-28-20)13-18-6-8-19(24)9-7-18/h6-9,11-12,17,20H,4-5,10,13-14H2,1-3H3. The Balaban J connectivity index is 1.74. The van der Waals surface area contributed by atoms with E-state index in [-0.39, 0.29) is 12.0 Å². The van der Waals surface area contributed by atoms with E-state index >= 15 is 0 Å². The van der Waals surface area contributed by atoms with E-state index in [4.69, 9.17) is 32.7 Å². The maximum Gasteiger partial charge on any atom is 0.263 e. The van der Waals surface area contributed by atoms with Gasteiger partial charge < -0.3 is 14.4 Å². The van der Waals surface area contributed by atoms with Gasteiger partial charge in [0.05, 0.1) is 6.10 Å². The zero-order valence-corrected chi connectivity index (χ0v) is 18.6. The summed E-state index contributed by atoms with van der Waals surface area (Å²) in [6, 6.07) is 11.3. The average Bonchev–Trinajstić information content (AvgIpc) is 3.19. The van der Waals surface area contributed by atoms with Crippen molar-refractivity contribution in [3.63, 3.8) is 0 Å². The monoisotopic (exact) mass is 435 g/mol. The molecule has 4 nitrogen and oxygen atoms in total. The van der Waals surface area contributed by atoms with Crippen molar-refractivity contribution in [2.24, 2.45) is 0 Å². The molecule has 2 atom stereocenters. The Kier molecular flexibility index (Phi) is 7.44. The minimum Gasteiger partial charge on any atom is -0.481 e. The summed E-state index contributed by atoms with van der Waals surface area (Å²) in [5, 5.41) is 1.40. The van der Waals surface area contributed by atoms with Gasteiger partial charge in [-0.3, -0.25) is 4.79 Å². The zero-order valence-electron chi connectivity index (χ0n) is 17.1. The number of aryl methyl sites for hydroxylation is 2. The normalized spacial score (nSPS) is 17.2. The molecule has 3 rings (SSSR count). The van der Waals surface area contributed by atoms with Crippen LogP contribution in [0.15, 0.2) is 36.4 Å². The number of amides is 1. The van der Waals surface area contributed by atoms with Crippen molar-refractivity contribution in [3.05, 3.63) is 63.1 Å². The molecule has 0 bridgehead atoms. The highest BCUT2D eigenvalue weighted by Gasteiger charge is 2.27. The number of carbonyl (C=O) groups excluding carboxylic acids is 1. The second kappa shape index (κ2) is 9.84. The highest BCUT2D eigenvalue weighted by atomic mass is 35.5. The fourth-order valence-electron chi connectivity index (χ4n) is 3.56. The Hall–Kier alpha value is -1.75. The Morgan fingerprint density at radius 2 is 1.86 bits per heavy atom. The van der Waals surface area contributed by atoms with Crippen LogP contribution in [0.2, 0.25) is 10.0 Å². The molecule has 0 radical (unpaired) electrons. The van der Waals surface area contributed by atoms with Crippen LogP contribution in [0.4, 0.5) is 0 Å². The Morgan fingerprint density at radius 3 is 2.45 bits per heavy atom. The van der Waals surface area contributed by atoms with Gasteiger partial charge in [-0.05, 0) is 74.6 Å². The van der Waals surface area contributed by atoms with Crippen molar-refractivity contribution in [3.8, 4) is 5.75 Å². The van der Waals surface area contributed by atoms with Crippen LogP contribution < -0.4 is 4.74 Å². The highest BCUT2D eigenvalue weighted by molar-refractivity contribution is 6.32. The number of halogens is 2. The summed E-state index contributed by atoms with van der Waals surface area (Å²) in [5.41, 5.74) is 2.88. The molecule has 1 aliphatic heterocycles. The van der Waals surface area contributed by atoms with Crippen molar-refractivity contribution < 1.29 is 14.3 Å². The van der Waals surface area contributed by atoms with E-state index in [0.717, 1.165) is 41.2 Å². The van der Waals surface area contributed by atoms with Gasteiger partial charge in [0.15, 0.2) is 6.10 Å². The van der Waals surface area contributed by atoms with E-state index < -0.39 is 6.10 Å². The number of nitrogens with zero attached hydrogens (tertiary/aromatic N) is 1. The third-order valence-corrected chi connectivity index (χ3v) is 5.97. The first-order valence-corrected chi connectivity index (χ1v) is 10.7. The third-order valence-electron chi connectivity index (χ3n) is 5.12. The van der Waals surface area contributed by atoms with Crippen LogP contribution in [0.1, 0.15) is 36.5 Å². The van der Waals surface area contributed by atoms with Gasteiger partial charge in [0, 0.05) is 29.7 Å². The van der Waals surface area contributed by atoms with Gasteiger partial charge in [0.25, 0.3) is 5.91 Å². The number of hydrogen-bond acceptors (Lipinski definition) is 3. The van der Waals surface area contributed by atoms with Gasteiger partial charge in [-0.2, -0.15) is 0 Å². The van der Waals surface area contributed by atoms with Gasteiger partial charge in [-0.1, -0.05) is 35.3 Å². The van der Waals surface area contributed by atoms with Crippen LogP contribution in [0.5, 0.6) is 5.75 Å². The van der Waals surface area contributed by atoms with Crippen molar-refractivity contribution in [1.29, 1.82) is 0 Å². The molecule has 1 heterocycles. The maximum atomic E-state index is 13.2. The number of hydrogen-bond donors (Lipinski definition) is 0. The van der Waals surface area contributed by atoms with E-state index in [1.54, 1.807) is 6.92 Å². The van der Waals surface area contributed by atoms with Crippen LogP contribution in [0, 0.1) is 13.8 Å². The molecule has 0 aromatic heterocycles. The molecule has 6 heteroatoms. The van der Waals surface area contributed by atoms with Crippen molar-refractivity contribution in [2.45, 2.75) is 52.4 Å². The number of carbonyl (C=O) groups is 1. The van der Waals surface area contributed by atoms with Crippen molar-refractivity contribution in [2.75, 3.05) is 13.2 Å². The molecule has 2 aromatic carbocycles. The smallest absolute Gasteiger partial charge is 0.263 e. The van der Waals surface area contributed by atoms with Gasteiger partial charge in [-0.25, -0.2) is 0 Å². The fourth-order valence-corrected chi connectivity index (χ4v) is 3.80. The van der Waals surface area contributed by atoms with E-state index in [1.807, 2.05) is 55.1 Å². The van der Waals surface area contributed by atoms with Gasteiger partial charge in [-0.15, -0.1) is 0 Å². The molecule has 1 amide bonds. The van der Waals surface area contributed by atoms with E-state index in [1.165, 1.54) is 0 Å². The van der Waals surface area contributed by atoms with Gasteiger partial charge >= 0.3 is 0 Å². The molecule has 0 N–H and O–H groups in total. The summed E-state index contributed by atoms with van der Waals surface area (Å²) < 4.78 is 11.7. The predicted octanol–water partition coefficient (Wildman–Crippen LogP) is 5.59. The van der Waals surface area contributed by atoms with E-state index in [9.17, 15) is 4.79 Å². The molecule has 2 unspecified atom stereocenters. The largest absolute Gasteiger partial charge is 0.481 e. The first-order chi connectivity index (χ1) is 13.8. The lowest BCUT2D eigenvalue weighted by atomic mass is 10.1. The first kappa shape index (κ1) is 21.9. The summed E-state index contributed by atoms with van der Waals surface area (Å²) >= 11 is 12.2. The summed E-state index contributed by atoms with van der Waals surface area (Å²) in [6.45, 7) is 7.43. The van der Waals surface area contributed by atoms with Crippen LogP contribution in [-0.2, 0) is 16.1 Å². The number of benzene rings is 2. The van der Waals surface area contributed by atoms with Crippen molar-refractivity contribution in [1.82, 2.24) is 4.90 Å². The molecule has 1 fully saturated rings. The lowest BCUT2D eigenvalue weighted by molar-refractivity contribution is -0.140. The van der Waals surface area contributed by atoms with Crippen LogP contribution in [0.25, 0.3) is 0 Å². The molecule has 0 spiro atoms. The lowest BCUT2D eigenvalue weighted by Gasteiger charge is -2.28. The fraction of sp³-hybridized carbons (Fsp3) is 0.435. The van der Waals surface area contributed by atoms with Gasteiger partial charge in [0.2, 0.25) is 0 Å². The second-order valence-electron chi connectivity index (χ2n) is 7.61. The Morgan fingerprint density at radius 1 is 1.21 bits per heavy atom. The summed E-state index contributed by atoms with van der Waals surface area (Å²) in [4.78, 5) is 15.1. The topological polar surface area (TPSA) is 38.8 Å². The Labute approximate surface area is 182 Å². The van der Waals surface area contributed by atoms with Crippen molar-refractivity contribution >= 4 is 29.1 Å². The Bertz CT molecular complexity index is 825. The molecular weight excluding hydrogens is 409 g/mol. The first-order valence-electron chi connectivity index (χ1n) is 9.91. The predicted molar refractivity (Wildman–Crippen MR) is 117 cm³/mol. The minimum absolute atomic E-state index is 0.0680. The second-order valence-corrected chi connectivity index (χ2v) is 8.43. The number of rotatable bonds is 7. The van der Waals surface area contributed by atoms with E-state index in [2.05, 4.69) is 0 Å². The lowest BCUT2D eigenvalue weighted by Crippen LogP contribution is -2.43. The third kappa shape index (κ3) is 5.88. The molecular formula is C23H27Cl2NO3. The zero-order chi connectivity index (χ0) is 21.0. The summed E-state index contributed by atoms with van der Waals surface area (Å²) in [6.07, 6.45) is 1.44. The highest BCUT2D eigenvalue weighted by Crippen LogP contribution is 2.27. The van der Waals surface area contributed by atoms with E-state index in [0.29, 0.717) is 23.9 Å². The van der Waals surface area contributed by atoms with Crippen LogP contribution in [0.3, 0.4) is 0 Å². The molecule has 29 heavy (non-hydrogen) atoms. The molecule has 1 aliphatic rings. The molecule has 2 aromatic rings. The molecule has 1 saturated heterocycles. The molecule has 156 valence electrons. The average molecular weight is 436 g/mol. The SMILES string of the molecule is Cc1cc(OC(C)C(=O)N(Cc2ccc(Cl)cc2)CC2CCCO2)cc(C)c1Cl.